The second kappa shape index (κ2) is 7.34. The lowest BCUT2D eigenvalue weighted by Gasteiger charge is -2.13. The smallest absolute Gasteiger partial charge is 0.218 e. The molecular weight excluding hydrogens is 352 g/mol. The standard InChI is InChI=1S/C24H19ClN2/c1-16-9-6-7-14-21(16)23-17(2)22(26-24(25)27-23)20-13-8-12-19(15-20)18-10-4-3-5-11-18/h3-15H,1-2H3. The van der Waals surface area contributed by atoms with Crippen molar-refractivity contribution in [2.75, 3.05) is 0 Å². The number of halogens is 1. The van der Waals surface area contributed by atoms with Gasteiger partial charge in [-0.15, -0.1) is 0 Å². The summed E-state index contributed by atoms with van der Waals surface area (Å²) in [5.74, 6) is 0. The van der Waals surface area contributed by atoms with Crippen molar-refractivity contribution in [3.05, 3.63) is 95.3 Å². The van der Waals surface area contributed by atoms with Gasteiger partial charge in [-0.1, -0.05) is 72.8 Å². The lowest BCUT2D eigenvalue weighted by molar-refractivity contribution is 1.14. The lowest BCUT2D eigenvalue weighted by Crippen LogP contribution is -1.98. The maximum absolute atomic E-state index is 6.31. The highest BCUT2D eigenvalue weighted by molar-refractivity contribution is 6.28. The largest absolute Gasteiger partial charge is 0.223 e. The minimum atomic E-state index is 0.263. The van der Waals surface area contributed by atoms with E-state index in [1.165, 1.54) is 11.1 Å². The number of hydrogen-bond donors (Lipinski definition) is 0. The average molecular weight is 371 g/mol. The summed E-state index contributed by atoms with van der Waals surface area (Å²) < 4.78 is 0. The quantitative estimate of drug-likeness (QED) is 0.373. The van der Waals surface area contributed by atoms with Crippen LogP contribution < -0.4 is 0 Å². The first kappa shape index (κ1) is 17.4. The van der Waals surface area contributed by atoms with Gasteiger partial charge in [-0.05, 0) is 48.2 Å². The van der Waals surface area contributed by atoms with Crippen molar-refractivity contribution in [1.29, 1.82) is 0 Å². The highest BCUT2D eigenvalue weighted by atomic mass is 35.5. The van der Waals surface area contributed by atoms with E-state index >= 15 is 0 Å². The molecule has 0 N–H and O–H groups in total. The minimum Gasteiger partial charge on any atom is -0.218 e. The Balaban J connectivity index is 1.87. The van der Waals surface area contributed by atoms with Crippen LogP contribution in [0.3, 0.4) is 0 Å². The molecule has 27 heavy (non-hydrogen) atoms. The van der Waals surface area contributed by atoms with Crippen molar-refractivity contribution >= 4 is 11.6 Å². The summed E-state index contributed by atoms with van der Waals surface area (Å²) in [6, 6.07) is 26.9. The number of aryl methyl sites for hydroxylation is 1. The molecule has 1 heterocycles. The molecule has 0 spiro atoms. The molecule has 4 rings (SSSR count). The first-order valence-corrected chi connectivity index (χ1v) is 9.27. The fourth-order valence-corrected chi connectivity index (χ4v) is 3.52. The zero-order chi connectivity index (χ0) is 18.8. The van der Waals surface area contributed by atoms with Crippen LogP contribution in [0.5, 0.6) is 0 Å². The number of rotatable bonds is 3. The SMILES string of the molecule is Cc1ccccc1-c1nc(Cl)nc(-c2cccc(-c3ccccc3)c2)c1C. The fraction of sp³-hybridized carbons (Fsp3) is 0.0833. The Bertz CT molecular complexity index is 1100. The van der Waals surface area contributed by atoms with Gasteiger partial charge >= 0.3 is 0 Å². The van der Waals surface area contributed by atoms with Crippen LogP contribution in [0, 0.1) is 13.8 Å². The van der Waals surface area contributed by atoms with Crippen LogP contribution in [0.25, 0.3) is 33.6 Å². The molecule has 0 aliphatic carbocycles. The molecule has 1 aromatic heterocycles. The molecule has 0 amide bonds. The average Bonchev–Trinajstić information content (AvgIpc) is 2.71. The zero-order valence-corrected chi connectivity index (χ0v) is 16.0. The van der Waals surface area contributed by atoms with E-state index in [0.29, 0.717) is 0 Å². The summed E-state index contributed by atoms with van der Waals surface area (Å²) in [5.41, 5.74) is 8.39. The summed E-state index contributed by atoms with van der Waals surface area (Å²) in [5, 5.41) is 0.263. The summed E-state index contributed by atoms with van der Waals surface area (Å²) in [6.07, 6.45) is 0. The molecule has 0 saturated carbocycles. The highest BCUT2D eigenvalue weighted by Gasteiger charge is 2.15. The van der Waals surface area contributed by atoms with Crippen LogP contribution in [0.15, 0.2) is 78.9 Å². The fourth-order valence-electron chi connectivity index (χ4n) is 3.35. The molecule has 3 aromatic carbocycles. The van der Waals surface area contributed by atoms with E-state index in [4.69, 9.17) is 11.6 Å². The molecule has 132 valence electrons. The molecule has 2 nitrogen and oxygen atoms in total. The van der Waals surface area contributed by atoms with Crippen molar-refractivity contribution in [2.45, 2.75) is 13.8 Å². The van der Waals surface area contributed by atoms with E-state index < -0.39 is 0 Å². The van der Waals surface area contributed by atoms with Crippen LogP contribution in [-0.2, 0) is 0 Å². The topological polar surface area (TPSA) is 25.8 Å². The zero-order valence-electron chi connectivity index (χ0n) is 15.3. The van der Waals surface area contributed by atoms with E-state index in [0.717, 1.165) is 33.6 Å². The normalized spacial score (nSPS) is 10.8. The van der Waals surface area contributed by atoms with Gasteiger partial charge in [-0.25, -0.2) is 9.97 Å². The maximum Gasteiger partial charge on any atom is 0.223 e. The van der Waals surface area contributed by atoms with Crippen LogP contribution in [0.2, 0.25) is 5.28 Å². The van der Waals surface area contributed by atoms with E-state index in [1.54, 1.807) is 0 Å². The third kappa shape index (κ3) is 3.49. The summed E-state index contributed by atoms with van der Waals surface area (Å²) in [7, 11) is 0. The van der Waals surface area contributed by atoms with Gasteiger partial charge in [0.25, 0.3) is 0 Å². The van der Waals surface area contributed by atoms with Crippen molar-refractivity contribution in [3.63, 3.8) is 0 Å². The first-order chi connectivity index (χ1) is 13.1. The molecule has 0 fully saturated rings. The summed E-state index contributed by atoms with van der Waals surface area (Å²) >= 11 is 6.31. The number of hydrogen-bond acceptors (Lipinski definition) is 2. The second-order valence-corrected chi connectivity index (χ2v) is 6.91. The Morgan fingerprint density at radius 3 is 2.04 bits per heavy atom. The predicted molar refractivity (Wildman–Crippen MR) is 113 cm³/mol. The molecule has 0 aliphatic rings. The third-order valence-electron chi connectivity index (χ3n) is 4.76. The van der Waals surface area contributed by atoms with Crippen LogP contribution in [-0.4, -0.2) is 9.97 Å². The van der Waals surface area contributed by atoms with Gasteiger partial charge in [0, 0.05) is 16.7 Å². The van der Waals surface area contributed by atoms with Crippen molar-refractivity contribution in [3.8, 4) is 33.6 Å². The van der Waals surface area contributed by atoms with Crippen molar-refractivity contribution in [2.24, 2.45) is 0 Å². The molecule has 0 radical (unpaired) electrons. The minimum absolute atomic E-state index is 0.263. The molecule has 0 atom stereocenters. The molecule has 3 heteroatoms. The molecule has 0 unspecified atom stereocenters. The summed E-state index contributed by atoms with van der Waals surface area (Å²) in [6.45, 7) is 4.14. The molecule has 0 bridgehead atoms. The Kier molecular flexibility index (Phi) is 4.74. The van der Waals surface area contributed by atoms with E-state index in [2.05, 4.69) is 72.3 Å². The predicted octanol–water partition coefficient (Wildman–Crippen LogP) is 6.75. The Morgan fingerprint density at radius 2 is 1.26 bits per heavy atom. The van der Waals surface area contributed by atoms with Gasteiger partial charge in [0.05, 0.1) is 11.4 Å². The van der Waals surface area contributed by atoms with Gasteiger partial charge in [0.1, 0.15) is 0 Å². The molecule has 0 aliphatic heterocycles. The van der Waals surface area contributed by atoms with E-state index in [9.17, 15) is 0 Å². The number of nitrogens with zero attached hydrogens (tertiary/aromatic N) is 2. The Morgan fingerprint density at radius 1 is 0.630 bits per heavy atom. The van der Waals surface area contributed by atoms with Gasteiger partial charge in [-0.3, -0.25) is 0 Å². The Hall–Kier alpha value is -2.97. The van der Waals surface area contributed by atoms with Crippen LogP contribution in [0.4, 0.5) is 0 Å². The number of benzene rings is 3. The van der Waals surface area contributed by atoms with E-state index in [-0.39, 0.29) is 5.28 Å². The first-order valence-electron chi connectivity index (χ1n) is 8.89. The van der Waals surface area contributed by atoms with Gasteiger partial charge in [0.15, 0.2) is 0 Å². The number of aromatic nitrogens is 2. The summed E-state index contributed by atoms with van der Waals surface area (Å²) in [4.78, 5) is 9.07. The van der Waals surface area contributed by atoms with Crippen molar-refractivity contribution in [1.82, 2.24) is 9.97 Å². The van der Waals surface area contributed by atoms with Crippen LogP contribution >= 0.6 is 11.6 Å². The monoisotopic (exact) mass is 370 g/mol. The molecule has 4 aromatic rings. The van der Waals surface area contributed by atoms with Crippen molar-refractivity contribution < 1.29 is 0 Å². The second-order valence-electron chi connectivity index (χ2n) is 6.58. The lowest BCUT2D eigenvalue weighted by atomic mass is 9.96. The van der Waals surface area contributed by atoms with Gasteiger partial charge < -0.3 is 0 Å². The van der Waals surface area contributed by atoms with Gasteiger partial charge in [0.2, 0.25) is 5.28 Å². The van der Waals surface area contributed by atoms with Crippen LogP contribution in [0.1, 0.15) is 11.1 Å². The third-order valence-corrected chi connectivity index (χ3v) is 4.93. The maximum atomic E-state index is 6.31. The Labute approximate surface area is 164 Å². The van der Waals surface area contributed by atoms with E-state index in [1.807, 2.05) is 30.3 Å². The van der Waals surface area contributed by atoms with Gasteiger partial charge in [-0.2, -0.15) is 0 Å². The highest BCUT2D eigenvalue weighted by Crippen LogP contribution is 2.33. The molecule has 0 saturated heterocycles. The molecular formula is C24H19ClN2.